The number of esters is 1. The first-order valence-electron chi connectivity index (χ1n) is 12.6. The molecule has 2 bridgehead atoms. The first-order valence-corrected chi connectivity index (χ1v) is 12.6. The number of imide groups is 1. The van der Waals surface area contributed by atoms with Crippen LogP contribution in [0.3, 0.4) is 0 Å². The van der Waals surface area contributed by atoms with Gasteiger partial charge in [-0.2, -0.15) is 0 Å². The largest absolute Gasteiger partial charge is 0.427 e. The van der Waals surface area contributed by atoms with E-state index in [4.69, 9.17) is 4.74 Å². The van der Waals surface area contributed by atoms with Crippen molar-refractivity contribution in [2.24, 2.45) is 23.7 Å². The monoisotopic (exact) mass is 489 g/mol. The smallest absolute Gasteiger partial charge is 0.308 e. The van der Waals surface area contributed by atoms with Crippen molar-refractivity contribution in [2.75, 3.05) is 4.90 Å². The van der Waals surface area contributed by atoms with Gasteiger partial charge < -0.3 is 4.74 Å². The summed E-state index contributed by atoms with van der Waals surface area (Å²) in [5.74, 6) is -1.48. The van der Waals surface area contributed by atoms with E-state index < -0.39 is 17.8 Å². The maximum Gasteiger partial charge on any atom is 0.308 e. The molecule has 5 heteroatoms. The van der Waals surface area contributed by atoms with Gasteiger partial charge in [-0.3, -0.25) is 14.4 Å². The summed E-state index contributed by atoms with van der Waals surface area (Å²) in [5, 5.41) is 0. The molecule has 5 nitrogen and oxygen atoms in total. The average molecular weight is 490 g/mol. The Kier molecular flexibility index (Phi) is 5.45. The third-order valence-corrected chi connectivity index (χ3v) is 7.74. The Hall–Kier alpha value is -4.25. The maximum absolute atomic E-state index is 13.7. The molecule has 3 aromatic carbocycles. The van der Waals surface area contributed by atoms with E-state index in [9.17, 15) is 14.4 Å². The van der Waals surface area contributed by atoms with E-state index in [0.717, 1.165) is 22.3 Å². The molecule has 1 aliphatic heterocycles. The lowest BCUT2D eigenvalue weighted by molar-refractivity contribution is -0.132. The number of carbonyl (C=O) groups excluding carboxylic acids is 3. The molecule has 0 aromatic heterocycles. The van der Waals surface area contributed by atoms with Crippen LogP contribution in [-0.2, 0) is 14.4 Å². The molecule has 0 N–H and O–H groups in total. The molecule has 2 fully saturated rings. The maximum atomic E-state index is 13.7. The number of benzene rings is 3. The van der Waals surface area contributed by atoms with Crippen molar-refractivity contribution in [3.8, 4) is 5.75 Å². The van der Waals surface area contributed by atoms with Crippen LogP contribution in [0.15, 0.2) is 90.5 Å². The van der Waals surface area contributed by atoms with E-state index in [1.807, 2.05) is 0 Å². The first kappa shape index (κ1) is 23.2. The molecule has 1 heterocycles. The molecule has 3 aromatic rings. The van der Waals surface area contributed by atoms with E-state index in [2.05, 4.69) is 74.5 Å². The lowest BCUT2D eigenvalue weighted by atomic mass is 9.85. The van der Waals surface area contributed by atoms with Crippen LogP contribution in [0, 0.1) is 37.5 Å². The number of rotatable bonds is 4. The van der Waals surface area contributed by atoms with Crippen LogP contribution >= 0.6 is 0 Å². The van der Waals surface area contributed by atoms with Gasteiger partial charge in [-0.05, 0) is 60.4 Å². The van der Waals surface area contributed by atoms with Gasteiger partial charge >= 0.3 is 5.97 Å². The Morgan fingerprint density at radius 2 is 1.16 bits per heavy atom. The molecular formula is C32H27NO4. The summed E-state index contributed by atoms with van der Waals surface area (Å²) < 4.78 is 5.10. The molecule has 2 aliphatic carbocycles. The molecule has 2 amide bonds. The molecule has 184 valence electrons. The van der Waals surface area contributed by atoms with Gasteiger partial charge in [0, 0.05) is 18.8 Å². The molecule has 37 heavy (non-hydrogen) atoms. The highest BCUT2D eigenvalue weighted by Gasteiger charge is 2.62. The third-order valence-electron chi connectivity index (χ3n) is 7.74. The Labute approximate surface area is 216 Å². The van der Waals surface area contributed by atoms with Gasteiger partial charge in [0.25, 0.3) is 0 Å². The van der Waals surface area contributed by atoms with Crippen LogP contribution in [0.25, 0.3) is 5.57 Å². The van der Waals surface area contributed by atoms with Gasteiger partial charge in [-0.15, -0.1) is 0 Å². The number of amides is 2. The highest BCUT2D eigenvalue weighted by molar-refractivity contribution is 6.23. The number of fused-ring (bicyclic) bond motifs is 5. The quantitative estimate of drug-likeness (QED) is 0.206. The minimum Gasteiger partial charge on any atom is -0.427 e. The van der Waals surface area contributed by atoms with E-state index in [1.54, 1.807) is 24.3 Å². The lowest BCUT2D eigenvalue weighted by Gasteiger charge is -2.22. The molecule has 0 radical (unpaired) electrons. The summed E-state index contributed by atoms with van der Waals surface area (Å²) in [6.45, 7) is 5.47. The van der Waals surface area contributed by atoms with Crippen LogP contribution in [0.5, 0.6) is 5.75 Å². The van der Waals surface area contributed by atoms with Crippen LogP contribution in [0.2, 0.25) is 0 Å². The summed E-state index contributed by atoms with van der Waals surface area (Å²) in [6, 6.07) is 23.5. The minimum atomic E-state index is -0.421. The highest BCUT2D eigenvalue weighted by atomic mass is 16.5. The third kappa shape index (κ3) is 3.73. The Morgan fingerprint density at radius 3 is 1.59 bits per heavy atom. The molecule has 4 atom stereocenters. The van der Waals surface area contributed by atoms with Gasteiger partial charge in [0.15, 0.2) is 0 Å². The van der Waals surface area contributed by atoms with Crippen LogP contribution < -0.4 is 9.64 Å². The Bertz CT molecular complexity index is 1400. The molecule has 1 saturated carbocycles. The van der Waals surface area contributed by atoms with Crippen molar-refractivity contribution < 1.29 is 19.1 Å². The second-order valence-corrected chi connectivity index (χ2v) is 10.1. The predicted octanol–water partition coefficient (Wildman–Crippen LogP) is 5.65. The second-order valence-electron chi connectivity index (χ2n) is 10.1. The van der Waals surface area contributed by atoms with Crippen LogP contribution in [0.1, 0.15) is 29.2 Å². The van der Waals surface area contributed by atoms with E-state index in [0.29, 0.717) is 11.4 Å². The van der Waals surface area contributed by atoms with Crippen molar-refractivity contribution in [1.29, 1.82) is 0 Å². The Balaban J connectivity index is 1.41. The number of nitrogens with zero attached hydrogens (tertiary/aromatic N) is 1. The van der Waals surface area contributed by atoms with Crippen LogP contribution in [0.4, 0.5) is 5.69 Å². The normalized spacial score (nSPS) is 23.5. The number of hydrogen-bond donors (Lipinski definition) is 0. The fourth-order valence-electron chi connectivity index (χ4n) is 6.12. The molecule has 3 aliphatic rings. The van der Waals surface area contributed by atoms with E-state index in [-0.39, 0.29) is 23.7 Å². The van der Waals surface area contributed by atoms with Gasteiger partial charge in [-0.25, -0.2) is 4.90 Å². The molecule has 0 spiro atoms. The van der Waals surface area contributed by atoms with Gasteiger partial charge in [0.05, 0.1) is 17.5 Å². The summed E-state index contributed by atoms with van der Waals surface area (Å²) in [5.41, 5.74) is 7.34. The summed E-state index contributed by atoms with van der Waals surface area (Å²) >= 11 is 0. The molecule has 4 unspecified atom stereocenters. The SMILES string of the molecule is CC(=O)Oc1ccc(N2C(=O)C3C4C=CC(C4=C(c4ccc(C)cc4)c4ccc(C)cc4)C3C2=O)cc1. The Morgan fingerprint density at radius 1 is 0.703 bits per heavy atom. The fraction of sp³-hybridized carbons (Fsp3) is 0.219. The van der Waals surface area contributed by atoms with Crippen molar-refractivity contribution in [3.63, 3.8) is 0 Å². The van der Waals surface area contributed by atoms with Crippen LogP contribution in [-0.4, -0.2) is 17.8 Å². The molecule has 1 saturated heterocycles. The van der Waals surface area contributed by atoms with Gasteiger partial charge in [0.1, 0.15) is 5.75 Å². The number of hydrogen-bond acceptors (Lipinski definition) is 4. The number of anilines is 1. The lowest BCUT2D eigenvalue weighted by Crippen LogP contribution is -2.33. The zero-order valence-electron chi connectivity index (χ0n) is 21.0. The average Bonchev–Trinajstić information content (AvgIpc) is 3.51. The van der Waals surface area contributed by atoms with Gasteiger partial charge in [0.2, 0.25) is 11.8 Å². The van der Waals surface area contributed by atoms with Crippen molar-refractivity contribution in [1.82, 2.24) is 0 Å². The summed E-state index contributed by atoms with van der Waals surface area (Å²) in [6.07, 6.45) is 4.23. The minimum absolute atomic E-state index is 0.130. The van der Waals surface area contributed by atoms with Crippen molar-refractivity contribution >= 4 is 29.0 Å². The zero-order valence-corrected chi connectivity index (χ0v) is 21.0. The standard InChI is InChI=1S/C32H27NO4/c1-18-4-8-21(9-5-18)27(22-10-6-19(2)7-11-22)28-25-16-17-26(28)30-29(25)31(35)33(32(30)36)23-12-14-24(15-13-23)37-20(3)34/h4-17,25-26,29-30H,1-3H3. The summed E-state index contributed by atoms with van der Waals surface area (Å²) in [4.78, 5) is 40.0. The topological polar surface area (TPSA) is 63.7 Å². The second kappa shape index (κ2) is 8.70. The summed E-state index contributed by atoms with van der Waals surface area (Å²) in [7, 11) is 0. The van der Waals surface area contributed by atoms with Gasteiger partial charge in [-0.1, -0.05) is 71.8 Å². The highest BCUT2D eigenvalue weighted by Crippen LogP contribution is 2.58. The number of carbonyl (C=O) groups is 3. The first-order chi connectivity index (χ1) is 17.8. The number of aryl methyl sites for hydroxylation is 2. The molecule has 6 rings (SSSR count). The van der Waals surface area contributed by atoms with Crippen molar-refractivity contribution in [2.45, 2.75) is 20.8 Å². The number of allylic oxidation sites excluding steroid dienone is 3. The number of ether oxygens (including phenoxy) is 1. The fourth-order valence-corrected chi connectivity index (χ4v) is 6.12. The van der Waals surface area contributed by atoms with Crippen molar-refractivity contribution in [3.05, 3.63) is 113 Å². The molecular weight excluding hydrogens is 462 g/mol. The predicted molar refractivity (Wildman–Crippen MR) is 142 cm³/mol. The van der Waals surface area contributed by atoms with E-state index >= 15 is 0 Å². The zero-order chi connectivity index (χ0) is 25.8. The van der Waals surface area contributed by atoms with E-state index in [1.165, 1.54) is 23.0 Å².